The number of urea groups is 2. The summed E-state index contributed by atoms with van der Waals surface area (Å²) in [5.41, 5.74) is -0.00930. The summed E-state index contributed by atoms with van der Waals surface area (Å²) < 4.78 is 45.0. The number of carbonyl (C=O) groups is 3. The van der Waals surface area contributed by atoms with Crippen LogP contribution in [0.2, 0.25) is 0 Å². The van der Waals surface area contributed by atoms with Gasteiger partial charge in [-0.3, -0.25) is 4.79 Å². The minimum atomic E-state index is -4.48. The standard InChI is InChI=1S/C31H40F3N5O5/c1-19-16-39(20(2)18-40)28(41)25-15-24(36-29(42)35-22-7-5-4-6-8-22)13-14-26(25)44-27(19)17-38(3)30(43)37-23-11-9-21(10-12-23)31(32,33)34/h9-15,19-20,22,27,40H,4-8,16-18H2,1-3H3,(H,37,43)(H2,35,36,42)/t19-,20-,27-/m1/s1. The molecular weight excluding hydrogens is 579 g/mol. The number of aliphatic hydroxyl groups is 1. The van der Waals surface area contributed by atoms with Crippen molar-refractivity contribution in [2.45, 2.75) is 70.3 Å². The number of carbonyl (C=O) groups excluding carboxylic acids is 3. The topological polar surface area (TPSA) is 123 Å². The Balaban J connectivity index is 1.50. The van der Waals surface area contributed by atoms with Crippen LogP contribution in [-0.2, 0) is 6.18 Å². The van der Waals surface area contributed by atoms with Crippen LogP contribution >= 0.6 is 0 Å². The van der Waals surface area contributed by atoms with Crippen molar-refractivity contribution in [3.05, 3.63) is 53.6 Å². The van der Waals surface area contributed by atoms with E-state index >= 15 is 0 Å². The fourth-order valence-electron chi connectivity index (χ4n) is 5.43. The Morgan fingerprint density at radius 2 is 1.73 bits per heavy atom. The molecule has 4 rings (SSSR count). The molecule has 1 fully saturated rings. The molecule has 2 aliphatic rings. The largest absolute Gasteiger partial charge is 0.487 e. The van der Waals surface area contributed by atoms with Crippen molar-refractivity contribution in [2.75, 3.05) is 37.4 Å². The zero-order valence-electron chi connectivity index (χ0n) is 25.1. The van der Waals surface area contributed by atoms with Gasteiger partial charge in [0.15, 0.2) is 0 Å². The van der Waals surface area contributed by atoms with Crippen molar-refractivity contribution in [1.29, 1.82) is 0 Å². The summed E-state index contributed by atoms with van der Waals surface area (Å²) in [6, 6.07) is 7.61. The van der Waals surface area contributed by atoms with E-state index in [0.29, 0.717) is 5.69 Å². The first-order valence-corrected chi connectivity index (χ1v) is 14.8. The molecule has 0 spiro atoms. The monoisotopic (exact) mass is 619 g/mol. The summed E-state index contributed by atoms with van der Waals surface area (Å²) in [5.74, 6) is -0.380. The molecule has 2 aromatic rings. The maximum Gasteiger partial charge on any atom is 0.416 e. The van der Waals surface area contributed by atoms with E-state index < -0.39 is 29.9 Å². The van der Waals surface area contributed by atoms with Gasteiger partial charge in [0, 0.05) is 36.9 Å². The third kappa shape index (κ3) is 8.34. The highest BCUT2D eigenvalue weighted by Gasteiger charge is 2.34. The van der Waals surface area contributed by atoms with E-state index in [0.717, 1.165) is 44.2 Å². The van der Waals surface area contributed by atoms with E-state index in [2.05, 4.69) is 16.0 Å². The minimum Gasteiger partial charge on any atom is -0.487 e. The van der Waals surface area contributed by atoms with Gasteiger partial charge in [0.1, 0.15) is 11.9 Å². The number of fused-ring (bicyclic) bond motifs is 1. The highest BCUT2D eigenvalue weighted by molar-refractivity contribution is 5.99. The van der Waals surface area contributed by atoms with E-state index in [1.54, 1.807) is 30.0 Å². The molecule has 1 saturated carbocycles. The summed E-state index contributed by atoms with van der Waals surface area (Å²) >= 11 is 0. The van der Waals surface area contributed by atoms with Crippen molar-refractivity contribution in [1.82, 2.24) is 15.1 Å². The van der Waals surface area contributed by atoms with E-state index in [4.69, 9.17) is 4.74 Å². The van der Waals surface area contributed by atoms with Gasteiger partial charge in [-0.15, -0.1) is 0 Å². The van der Waals surface area contributed by atoms with Gasteiger partial charge >= 0.3 is 18.2 Å². The van der Waals surface area contributed by atoms with Gasteiger partial charge in [0.05, 0.1) is 30.3 Å². The number of likely N-dealkylation sites (N-methyl/N-ethyl adjacent to an activating group) is 1. The van der Waals surface area contributed by atoms with Gasteiger partial charge in [0.25, 0.3) is 5.91 Å². The lowest BCUT2D eigenvalue weighted by Gasteiger charge is -2.38. The number of halogens is 3. The van der Waals surface area contributed by atoms with E-state index in [1.165, 1.54) is 24.1 Å². The summed E-state index contributed by atoms with van der Waals surface area (Å²) in [4.78, 5) is 42.2. The maximum atomic E-state index is 13.7. The van der Waals surface area contributed by atoms with Crippen molar-refractivity contribution in [2.24, 2.45) is 5.92 Å². The van der Waals surface area contributed by atoms with Crippen LogP contribution < -0.4 is 20.7 Å². The molecule has 1 aliphatic carbocycles. The zero-order chi connectivity index (χ0) is 32.0. The van der Waals surface area contributed by atoms with Crippen LogP contribution in [0.3, 0.4) is 0 Å². The number of amides is 5. The molecule has 2 aromatic carbocycles. The number of anilines is 2. The lowest BCUT2D eigenvalue weighted by atomic mass is 9.96. The smallest absolute Gasteiger partial charge is 0.416 e. The summed E-state index contributed by atoms with van der Waals surface area (Å²) in [6.07, 6.45) is 0.0756. The predicted molar refractivity (Wildman–Crippen MR) is 160 cm³/mol. The average Bonchev–Trinajstić information content (AvgIpc) is 2.99. The quantitative estimate of drug-likeness (QED) is 0.324. The van der Waals surface area contributed by atoms with Gasteiger partial charge in [0.2, 0.25) is 0 Å². The van der Waals surface area contributed by atoms with Crippen molar-refractivity contribution in [3.8, 4) is 5.75 Å². The third-order valence-corrected chi connectivity index (χ3v) is 8.13. The Hall–Kier alpha value is -4.00. The summed E-state index contributed by atoms with van der Waals surface area (Å²) in [5, 5.41) is 18.3. The van der Waals surface area contributed by atoms with E-state index in [1.807, 2.05) is 6.92 Å². The first-order valence-electron chi connectivity index (χ1n) is 14.8. The first-order chi connectivity index (χ1) is 20.8. The van der Waals surface area contributed by atoms with Crippen LogP contribution in [-0.4, -0.2) is 77.8 Å². The number of nitrogens with zero attached hydrogens (tertiary/aromatic N) is 2. The van der Waals surface area contributed by atoms with Crippen LogP contribution in [0.15, 0.2) is 42.5 Å². The molecule has 4 N–H and O–H groups in total. The highest BCUT2D eigenvalue weighted by atomic mass is 19.4. The summed E-state index contributed by atoms with van der Waals surface area (Å²) in [6.45, 7) is 3.64. The van der Waals surface area contributed by atoms with Crippen molar-refractivity contribution in [3.63, 3.8) is 0 Å². The maximum absolute atomic E-state index is 13.7. The van der Waals surface area contributed by atoms with Gasteiger partial charge in [-0.25, -0.2) is 9.59 Å². The zero-order valence-corrected chi connectivity index (χ0v) is 25.1. The molecule has 3 atom stereocenters. The molecule has 1 aliphatic heterocycles. The Bertz CT molecular complexity index is 1320. The minimum absolute atomic E-state index is 0.0897. The van der Waals surface area contributed by atoms with Crippen LogP contribution in [0.1, 0.15) is 61.9 Å². The molecule has 0 bridgehead atoms. The Morgan fingerprint density at radius 3 is 2.36 bits per heavy atom. The Labute approximate surface area is 254 Å². The van der Waals surface area contributed by atoms with Crippen LogP contribution in [0, 0.1) is 5.92 Å². The highest BCUT2D eigenvalue weighted by Crippen LogP contribution is 2.32. The van der Waals surface area contributed by atoms with E-state index in [-0.39, 0.29) is 60.6 Å². The predicted octanol–water partition coefficient (Wildman–Crippen LogP) is 5.54. The van der Waals surface area contributed by atoms with Gasteiger partial charge < -0.3 is 35.6 Å². The molecule has 0 saturated heterocycles. The molecule has 0 radical (unpaired) electrons. The molecule has 240 valence electrons. The molecule has 10 nitrogen and oxygen atoms in total. The number of aliphatic hydroxyl groups excluding tert-OH is 1. The van der Waals surface area contributed by atoms with Crippen molar-refractivity contribution < 1.29 is 37.4 Å². The lowest BCUT2D eigenvalue weighted by Crippen LogP contribution is -2.50. The van der Waals surface area contributed by atoms with Crippen molar-refractivity contribution >= 4 is 29.3 Å². The van der Waals surface area contributed by atoms with E-state index in [9.17, 15) is 32.7 Å². The fraction of sp³-hybridized carbons (Fsp3) is 0.516. The molecular formula is C31H40F3N5O5. The molecule has 5 amide bonds. The normalized spacial score (nSPS) is 20.0. The SMILES string of the molecule is C[C@@H]1CN([C@H](C)CO)C(=O)c2cc(NC(=O)NC3CCCCC3)ccc2O[C@@H]1CN(C)C(=O)Nc1ccc(C(F)(F)F)cc1. The summed E-state index contributed by atoms with van der Waals surface area (Å²) in [7, 11) is 1.53. The number of hydrogen-bond donors (Lipinski definition) is 4. The first kappa shape index (κ1) is 32.9. The second kappa shape index (κ2) is 14.2. The van der Waals surface area contributed by atoms with Crippen LogP contribution in [0.4, 0.5) is 34.1 Å². The van der Waals surface area contributed by atoms with Crippen LogP contribution in [0.5, 0.6) is 5.75 Å². The third-order valence-electron chi connectivity index (χ3n) is 8.13. The number of alkyl halides is 3. The van der Waals surface area contributed by atoms with Crippen LogP contribution in [0.25, 0.3) is 0 Å². The molecule has 44 heavy (non-hydrogen) atoms. The molecule has 13 heteroatoms. The fourth-order valence-corrected chi connectivity index (χ4v) is 5.43. The average molecular weight is 620 g/mol. The Kier molecular flexibility index (Phi) is 10.6. The number of ether oxygens (including phenoxy) is 1. The second-order valence-electron chi connectivity index (χ2n) is 11.7. The number of nitrogens with one attached hydrogen (secondary N) is 3. The number of benzene rings is 2. The molecule has 1 heterocycles. The second-order valence-corrected chi connectivity index (χ2v) is 11.7. The lowest BCUT2D eigenvalue weighted by molar-refractivity contribution is -0.137. The molecule has 0 aromatic heterocycles. The molecule has 0 unspecified atom stereocenters. The van der Waals surface area contributed by atoms with Gasteiger partial charge in [-0.05, 0) is 62.2 Å². The van der Waals surface area contributed by atoms with Gasteiger partial charge in [-0.2, -0.15) is 13.2 Å². The number of rotatable bonds is 7. The van der Waals surface area contributed by atoms with Gasteiger partial charge in [-0.1, -0.05) is 26.2 Å². The Morgan fingerprint density at radius 1 is 1.07 bits per heavy atom. The number of hydrogen-bond acceptors (Lipinski definition) is 5.